The molecule has 2 saturated heterocycles. The lowest BCUT2D eigenvalue weighted by molar-refractivity contribution is 0.186. The Bertz CT molecular complexity index is 836. The van der Waals surface area contributed by atoms with Crippen LogP contribution in [0.15, 0.2) is 23.1 Å². The Morgan fingerprint density at radius 3 is 2.46 bits per heavy atom. The van der Waals surface area contributed by atoms with Crippen LogP contribution in [0.25, 0.3) is 11.0 Å². The van der Waals surface area contributed by atoms with Crippen LogP contribution >= 0.6 is 11.7 Å². The van der Waals surface area contributed by atoms with Crippen molar-refractivity contribution in [2.45, 2.75) is 43.4 Å². The van der Waals surface area contributed by atoms with Crippen LogP contribution in [-0.2, 0) is 10.0 Å². The molecular formula is C18H26N4O2S2. The molecular weight excluding hydrogens is 368 g/mol. The standard InChI is InChI=1S/C18H26N4O2S2/c23-26(24,17-7-5-6-16-18(17)20-25-19-16)22-12-8-15(9-13-22)14-21-10-3-1-2-4-11-21/h5-7,15H,1-4,8-14H2. The van der Waals surface area contributed by atoms with Crippen LogP contribution in [0.5, 0.6) is 0 Å². The van der Waals surface area contributed by atoms with Crippen molar-refractivity contribution in [1.29, 1.82) is 0 Å². The number of likely N-dealkylation sites (tertiary alicyclic amines) is 1. The molecule has 142 valence electrons. The minimum Gasteiger partial charge on any atom is -0.303 e. The van der Waals surface area contributed by atoms with Gasteiger partial charge in [0.05, 0.1) is 11.7 Å². The third-order valence-corrected chi connectivity index (χ3v) is 8.13. The van der Waals surface area contributed by atoms with E-state index >= 15 is 0 Å². The number of nitrogens with zero attached hydrogens (tertiary/aromatic N) is 4. The molecule has 1 aromatic carbocycles. The Hall–Kier alpha value is -1.09. The first-order valence-corrected chi connectivity index (χ1v) is 11.8. The van der Waals surface area contributed by atoms with E-state index in [-0.39, 0.29) is 0 Å². The molecule has 0 amide bonds. The Balaban J connectivity index is 1.41. The zero-order chi connectivity index (χ0) is 18.0. The number of piperidine rings is 1. The molecule has 0 atom stereocenters. The van der Waals surface area contributed by atoms with Gasteiger partial charge in [-0.15, -0.1) is 0 Å². The highest BCUT2D eigenvalue weighted by molar-refractivity contribution is 7.89. The fraction of sp³-hybridized carbons (Fsp3) is 0.667. The molecule has 2 aliphatic heterocycles. The molecule has 0 bridgehead atoms. The second-order valence-corrected chi connectivity index (χ2v) is 9.89. The monoisotopic (exact) mass is 394 g/mol. The fourth-order valence-electron chi connectivity index (χ4n) is 4.14. The minimum atomic E-state index is -3.50. The third-order valence-electron chi connectivity index (χ3n) is 5.66. The maximum Gasteiger partial charge on any atom is 0.245 e. The Kier molecular flexibility index (Phi) is 5.54. The molecule has 2 fully saturated rings. The van der Waals surface area contributed by atoms with Crippen molar-refractivity contribution in [3.05, 3.63) is 18.2 Å². The molecule has 1 aromatic heterocycles. The van der Waals surface area contributed by atoms with Gasteiger partial charge in [0, 0.05) is 19.6 Å². The Labute approximate surface area is 159 Å². The summed E-state index contributed by atoms with van der Waals surface area (Å²) in [7, 11) is -3.50. The second-order valence-electron chi connectivity index (χ2n) is 7.45. The molecule has 2 aromatic rings. The van der Waals surface area contributed by atoms with Crippen LogP contribution < -0.4 is 0 Å². The number of hydrogen-bond acceptors (Lipinski definition) is 6. The Morgan fingerprint density at radius 2 is 1.73 bits per heavy atom. The van der Waals surface area contributed by atoms with Crippen LogP contribution in [0.2, 0.25) is 0 Å². The molecule has 0 spiro atoms. The van der Waals surface area contributed by atoms with Gasteiger partial charge in [0.2, 0.25) is 10.0 Å². The average Bonchev–Trinajstić information content (AvgIpc) is 2.99. The first-order valence-electron chi connectivity index (χ1n) is 9.58. The van der Waals surface area contributed by atoms with Crippen LogP contribution in [0.1, 0.15) is 38.5 Å². The predicted octanol–water partition coefficient (Wildman–Crippen LogP) is 2.97. The molecule has 0 N–H and O–H groups in total. The topological polar surface area (TPSA) is 66.4 Å². The number of benzene rings is 1. The van der Waals surface area contributed by atoms with E-state index in [1.54, 1.807) is 16.4 Å². The van der Waals surface area contributed by atoms with Crippen LogP contribution in [0.3, 0.4) is 0 Å². The van der Waals surface area contributed by atoms with Gasteiger partial charge in [0.15, 0.2) is 0 Å². The van der Waals surface area contributed by atoms with E-state index in [1.807, 2.05) is 6.07 Å². The van der Waals surface area contributed by atoms with Crippen LogP contribution in [-0.4, -0.2) is 59.1 Å². The van der Waals surface area contributed by atoms with Crippen molar-refractivity contribution >= 4 is 32.8 Å². The largest absolute Gasteiger partial charge is 0.303 e. The third kappa shape index (κ3) is 3.78. The van der Waals surface area contributed by atoms with Gasteiger partial charge in [0.25, 0.3) is 0 Å². The molecule has 0 saturated carbocycles. The van der Waals surface area contributed by atoms with Gasteiger partial charge < -0.3 is 4.90 Å². The fourth-order valence-corrected chi connectivity index (χ4v) is 6.37. The van der Waals surface area contributed by atoms with Crippen LogP contribution in [0.4, 0.5) is 0 Å². The predicted molar refractivity (Wildman–Crippen MR) is 104 cm³/mol. The highest BCUT2D eigenvalue weighted by Gasteiger charge is 2.31. The van der Waals surface area contributed by atoms with E-state index in [0.29, 0.717) is 34.9 Å². The minimum absolute atomic E-state index is 0.301. The summed E-state index contributed by atoms with van der Waals surface area (Å²) in [5.74, 6) is 0.608. The number of sulfonamides is 1. The summed E-state index contributed by atoms with van der Waals surface area (Å²) in [4.78, 5) is 2.89. The van der Waals surface area contributed by atoms with E-state index in [4.69, 9.17) is 0 Å². The summed E-state index contributed by atoms with van der Waals surface area (Å²) in [5, 5.41) is 0. The van der Waals surface area contributed by atoms with Crippen molar-refractivity contribution in [3.8, 4) is 0 Å². The number of rotatable bonds is 4. The summed E-state index contributed by atoms with van der Waals surface area (Å²) >= 11 is 1.06. The maximum absolute atomic E-state index is 13.1. The number of hydrogen-bond donors (Lipinski definition) is 0. The summed E-state index contributed by atoms with van der Waals surface area (Å²) < 4.78 is 36.2. The summed E-state index contributed by atoms with van der Waals surface area (Å²) in [6, 6.07) is 5.22. The van der Waals surface area contributed by atoms with Crippen LogP contribution in [0, 0.1) is 5.92 Å². The number of fused-ring (bicyclic) bond motifs is 1. The Morgan fingerprint density at radius 1 is 1.00 bits per heavy atom. The highest BCUT2D eigenvalue weighted by atomic mass is 32.2. The lowest BCUT2D eigenvalue weighted by Gasteiger charge is -2.34. The van der Waals surface area contributed by atoms with Crippen molar-refractivity contribution in [2.75, 3.05) is 32.7 Å². The molecule has 4 rings (SSSR count). The summed E-state index contributed by atoms with van der Waals surface area (Å²) in [6.07, 6.45) is 7.20. The highest BCUT2D eigenvalue weighted by Crippen LogP contribution is 2.28. The zero-order valence-electron chi connectivity index (χ0n) is 15.0. The average molecular weight is 395 g/mol. The SMILES string of the molecule is O=S(=O)(c1cccc2nsnc12)N1CCC(CN2CCCCCC2)CC1. The number of aromatic nitrogens is 2. The van der Waals surface area contributed by atoms with Gasteiger partial charge in [-0.25, -0.2) is 8.42 Å². The van der Waals surface area contributed by atoms with E-state index < -0.39 is 10.0 Å². The van der Waals surface area contributed by atoms with Crippen molar-refractivity contribution < 1.29 is 8.42 Å². The van der Waals surface area contributed by atoms with E-state index in [1.165, 1.54) is 38.8 Å². The van der Waals surface area contributed by atoms with Crippen molar-refractivity contribution in [1.82, 2.24) is 18.0 Å². The first kappa shape index (κ1) is 18.3. The molecule has 0 aliphatic carbocycles. The van der Waals surface area contributed by atoms with Crippen molar-refractivity contribution in [2.24, 2.45) is 5.92 Å². The second kappa shape index (κ2) is 7.88. The van der Waals surface area contributed by atoms with E-state index in [0.717, 1.165) is 31.1 Å². The zero-order valence-corrected chi connectivity index (χ0v) is 16.6. The van der Waals surface area contributed by atoms with Gasteiger partial charge in [0.1, 0.15) is 15.9 Å². The lowest BCUT2D eigenvalue weighted by atomic mass is 9.97. The van der Waals surface area contributed by atoms with Gasteiger partial charge in [-0.3, -0.25) is 0 Å². The smallest absolute Gasteiger partial charge is 0.245 e. The molecule has 3 heterocycles. The molecule has 2 aliphatic rings. The molecule has 8 heteroatoms. The van der Waals surface area contributed by atoms with Gasteiger partial charge in [-0.1, -0.05) is 18.9 Å². The van der Waals surface area contributed by atoms with Gasteiger partial charge in [-0.05, 0) is 56.8 Å². The van der Waals surface area contributed by atoms with Gasteiger partial charge >= 0.3 is 0 Å². The summed E-state index contributed by atoms with van der Waals surface area (Å²) in [6.45, 7) is 4.75. The molecule has 0 unspecified atom stereocenters. The van der Waals surface area contributed by atoms with E-state index in [9.17, 15) is 8.42 Å². The van der Waals surface area contributed by atoms with Crippen molar-refractivity contribution in [3.63, 3.8) is 0 Å². The lowest BCUT2D eigenvalue weighted by Crippen LogP contribution is -2.41. The van der Waals surface area contributed by atoms with Gasteiger partial charge in [-0.2, -0.15) is 13.1 Å². The normalized spacial score (nSPS) is 21.8. The van der Waals surface area contributed by atoms with E-state index in [2.05, 4.69) is 13.6 Å². The molecule has 6 nitrogen and oxygen atoms in total. The molecule has 0 radical (unpaired) electrons. The molecule has 26 heavy (non-hydrogen) atoms. The first-order chi connectivity index (χ1) is 12.6. The maximum atomic E-state index is 13.1. The quantitative estimate of drug-likeness (QED) is 0.798. The summed E-state index contributed by atoms with van der Waals surface area (Å²) in [5.41, 5.74) is 1.16.